The number of carbonyl (C=O) groups is 2. The van der Waals surface area contributed by atoms with Crippen molar-refractivity contribution in [3.8, 4) is 5.75 Å². The number of amides is 2. The second-order valence-corrected chi connectivity index (χ2v) is 16.2. The number of fused-ring (bicyclic) bond motifs is 2. The molecule has 1 saturated heterocycles. The average Bonchev–Trinajstić information content (AvgIpc) is 3.16. The van der Waals surface area contributed by atoms with Crippen LogP contribution in [0.5, 0.6) is 5.75 Å². The van der Waals surface area contributed by atoms with Crippen molar-refractivity contribution < 1.29 is 18.5 Å². The van der Waals surface area contributed by atoms with Crippen LogP contribution in [0.3, 0.4) is 0 Å². The smallest absolute Gasteiger partial charge is 0.263 e. The minimum atomic E-state index is -1.51. The topological polar surface area (TPSA) is 79.0 Å². The summed E-state index contributed by atoms with van der Waals surface area (Å²) < 4.78 is 22.6. The van der Waals surface area contributed by atoms with Gasteiger partial charge < -0.3 is 14.5 Å². The summed E-state index contributed by atoms with van der Waals surface area (Å²) in [6.45, 7) is 10.2. The van der Waals surface area contributed by atoms with Gasteiger partial charge in [-0.15, -0.1) is 0 Å². The van der Waals surface area contributed by atoms with Gasteiger partial charge in [0.05, 0.1) is 17.5 Å². The van der Waals surface area contributed by atoms with E-state index in [1.165, 1.54) is 11.1 Å². The molecule has 6 rings (SSSR count). The van der Waals surface area contributed by atoms with Crippen LogP contribution < -0.4 is 14.4 Å². The number of nitrogens with zero attached hydrogens (tertiary/aromatic N) is 2. The van der Waals surface area contributed by atoms with Gasteiger partial charge in [-0.1, -0.05) is 44.4 Å². The van der Waals surface area contributed by atoms with Gasteiger partial charge in [-0.25, -0.2) is 4.21 Å². The monoisotopic (exact) mass is 667 g/mol. The number of carbonyl (C=O) groups excluding carboxylic acids is 2. The lowest BCUT2D eigenvalue weighted by atomic mass is 9.64. The van der Waals surface area contributed by atoms with Gasteiger partial charge in [0.2, 0.25) is 5.91 Å². The minimum Gasteiger partial charge on any atom is -0.491 e. The molecule has 9 heteroatoms. The number of hydrogen-bond donors (Lipinski definition) is 1. The van der Waals surface area contributed by atoms with Gasteiger partial charge in [0, 0.05) is 49.1 Å². The molecule has 1 N–H and O–H groups in total. The summed E-state index contributed by atoms with van der Waals surface area (Å²) in [6, 6.07) is 11.9. The van der Waals surface area contributed by atoms with E-state index < -0.39 is 11.0 Å². The lowest BCUT2D eigenvalue weighted by molar-refractivity contribution is -0.136. The molecule has 2 fully saturated rings. The maximum atomic E-state index is 13.4. The molecule has 2 amide bonds. The minimum absolute atomic E-state index is 0.131. The van der Waals surface area contributed by atoms with Crippen molar-refractivity contribution in [2.24, 2.45) is 23.7 Å². The molecule has 2 bridgehead atoms. The molecule has 3 aliphatic heterocycles. The fourth-order valence-electron chi connectivity index (χ4n) is 7.96. The van der Waals surface area contributed by atoms with Gasteiger partial charge in [-0.2, -0.15) is 0 Å². The van der Waals surface area contributed by atoms with E-state index >= 15 is 0 Å². The van der Waals surface area contributed by atoms with Crippen LogP contribution in [-0.4, -0.2) is 59.0 Å². The zero-order valence-electron chi connectivity index (χ0n) is 27.6. The summed E-state index contributed by atoms with van der Waals surface area (Å²) in [7, 11) is -1.51. The molecule has 4 aliphatic rings. The van der Waals surface area contributed by atoms with Gasteiger partial charge in [-0.05, 0) is 111 Å². The number of nitrogens with one attached hydrogen (secondary N) is 1. The van der Waals surface area contributed by atoms with Crippen molar-refractivity contribution in [3.63, 3.8) is 0 Å². The van der Waals surface area contributed by atoms with E-state index in [9.17, 15) is 13.8 Å². The zero-order valence-corrected chi connectivity index (χ0v) is 29.2. The second-order valence-electron chi connectivity index (χ2n) is 14.2. The van der Waals surface area contributed by atoms with E-state index in [2.05, 4.69) is 35.6 Å². The van der Waals surface area contributed by atoms with Crippen molar-refractivity contribution in [1.29, 1.82) is 0 Å². The first-order valence-corrected chi connectivity index (χ1v) is 19.1. The molecular formula is C37H50ClN3O4S. The lowest BCUT2D eigenvalue weighted by Crippen LogP contribution is -2.46. The Morgan fingerprint density at radius 2 is 1.87 bits per heavy atom. The van der Waals surface area contributed by atoms with Crippen LogP contribution in [-0.2, 0) is 22.2 Å². The third-order valence-electron chi connectivity index (χ3n) is 11.3. The SMILES string of the molecule is CCCc1cc(Cl)ccc1C1COc2ccc3cc2N(C1)CC1CCC1C(CC(=O)N1CCC1)CCCC(C)C(C)S(=O)NC3=O. The van der Waals surface area contributed by atoms with Crippen molar-refractivity contribution in [2.45, 2.75) is 89.7 Å². The number of anilines is 1. The normalized spacial score (nSPS) is 30.2. The predicted octanol–water partition coefficient (Wildman–Crippen LogP) is 7.14. The molecule has 2 aromatic rings. The molecule has 0 spiro atoms. The Bertz CT molecular complexity index is 1450. The maximum absolute atomic E-state index is 13.4. The summed E-state index contributed by atoms with van der Waals surface area (Å²) in [4.78, 5) is 31.2. The number of ether oxygens (including phenoxy) is 1. The van der Waals surface area contributed by atoms with Crippen molar-refractivity contribution in [1.82, 2.24) is 9.62 Å². The number of halogens is 1. The lowest BCUT2D eigenvalue weighted by Gasteiger charge is -2.45. The zero-order chi connectivity index (χ0) is 32.4. The molecule has 1 saturated carbocycles. The summed E-state index contributed by atoms with van der Waals surface area (Å²) in [5, 5.41) is 0.579. The third kappa shape index (κ3) is 7.28. The molecule has 0 radical (unpaired) electrons. The highest BCUT2D eigenvalue weighted by molar-refractivity contribution is 7.84. The van der Waals surface area contributed by atoms with Crippen LogP contribution in [0.25, 0.3) is 0 Å². The number of likely N-dealkylation sites (tertiary alicyclic amines) is 1. The van der Waals surface area contributed by atoms with Gasteiger partial charge in [0.15, 0.2) is 0 Å². The van der Waals surface area contributed by atoms with Crippen LogP contribution in [0.4, 0.5) is 5.69 Å². The molecular weight excluding hydrogens is 618 g/mol. The first-order chi connectivity index (χ1) is 22.2. The molecule has 7 atom stereocenters. The summed E-state index contributed by atoms with van der Waals surface area (Å²) in [5.41, 5.74) is 3.94. The number of benzene rings is 2. The number of aryl methyl sites for hydroxylation is 1. The Hall–Kier alpha value is -2.58. The molecule has 2 aromatic carbocycles. The summed E-state index contributed by atoms with van der Waals surface area (Å²) in [6.07, 6.45) is 8.96. The molecule has 7 nitrogen and oxygen atoms in total. The van der Waals surface area contributed by atoms with Gasteiger partial charge in [0.1, 0.15) is 16.7 Å². The predicted molar refractivity (Wildman–Crippen MR) is 186 cm³/mol. The van der Waals surface area contributed by atoms with E-state index in [0.29, 0.717) is 42.3 Å². The van der Waals surface area contributed by atoms with Crippen LogP contribution in [0, 0.1) is 23.7 Å². The molecule has 3 heterocycles. The van der Waals surface area contributed by atoms with Crippen molar-refractivity contribution >= 4 is 40.1 Å². The maximum Gasteiger partial charge on any atom is 0.263 e. The van der Waals surface area contributed by atoms with Crippen molar-refractivity contribution in [3.05, 3.63) is 58.1 Å². The first kappa shape index (κ1) is 33.3. The van der Waals surface area contributed by atoms with E-state index in [4.69, 9.17) is 16.3 Å². The molecule has 250 valence electrons. The van der Waals surface area contributed by atoms with Crippen LogP contribution in [0.1, 0.15) is 99.5 Å². The van der Waals surface area contributed by atoms with Crippen LogP contribution in [0.15, 0.2) is 36.4 Å². The fourth-order valence-corrected chi connectivity index (χ4v) is 9.20. The molecule has 46 heavy (non-hydrogen) atoms. The Labute approximate surface area is 282 Å². The Balaban J connectivity index is 1.35. The first-order valence-electron chi connectivity index (χ1n) is 17.5. The van der Waals surface area contributed by atoms with Gasteiger partial charge >= 0.3 is 0 Å². The summed E-state index contributed by atoms with van der Waals surface area (Å²) >= 11 is 6.45. The largest absolute Gasteiger partial charge is 0.491 e. The highest BCUT2D eigenvalue weighted by Gasteiger charge is 2.41. The summed E-state index contributed by atoms with van der Waals surface area (Å²) in [5.74, 6) is 2.40. The third-order valence-corrected chi connectivity index (χ3v) is 13.0. The van der Waals surface area contributed by atoms with Crippen LogP contribution >= 0.6 is 11.6 Å². The highest BCUT2D eigenvalue weighted by Crippen LogP contribution is 2.46. The van der Waals surface area contributed by atoms with Crippen LogP contribution in [0.2, 0.25) is 5.02 Å². The van der Waals surface area contributed by atoms with Gasteiger partial charge in [-0.3, -0.25) is 14.3 Å². The Kier molecular flexibility index (Phi) is 10.6. The quantitative estimate of drug-likeness (QED) is 0.367. The van der Waals surface area contributed by atoms with E-state index in [-0.39, 0.29) is 23.0 Å². The Morgan fingerprint density at radius 3 is 2.59 bits per heavy atom. The highest BCUT2D eigenvalue weighted by atomic mass is 35.5. The molecule has 7 unspecified atom stereocenters. The number of rotatable bonds is 5. The standard InChI is InChI=1S/C37H50ClN3O4S/c1-4-7-26-18-31(38)12-14-33(26)30-22-41-21-29-10-13-32(29)27(20-36(42)40-16-6-17-40)9-5-8-24(2)25(3)46(44)39-37(43)28-11-15-35(45-23-30)34(41)19-28/h11-12,14-15,18-19,24-25,27,29-30,32H,4-10,13,16-17,20-23H2,1-3H3,(H,39,43). The average molecular weight is 668 g/mol. The van der Waals surface area contributed by atoms with Crippen molar-refractivity contribution in [2.75, 3.05) is 37.7 Å². The van der Waals surface area contributed by atoms with E-state index in [1.54, 1.807) is 6.07 Å². The Morgan fingerprint density at radius 1 is 1.04 bits per heavy atom. The number of hydrogen-bond acceptors (Lipinski definition) is 5. The van der Waals surface area contributed by atoms with Gasteiger partial charge in [0.25, 0.3) is 5.91 Å². The second kappa shape index (κ2) is 14.7. The van der Waals surface area contributed by atoms with E-state index in [1.807, 2.05) is 30.0 Å². The molecule has 0 aromatic heterocycles. The molecule has 1 aliphatic carbocycles. The van der Waals surface area contributed by atoms with E-state index in [0.717, 1.165) is 94.0 Å². The fraction of sp³-hybridized carbons (Fsp3) is 0.622.